The fourth-order valence-electron chi connectivity index (χ4n) is 3.66. The number of nitrogens with one attached hydrogen (secondary N) is 1. The normalized spacial score (nSPS) is 20.2. The third-order valence-electron chi connectivity index (χ3n) is 5.16. The van der Waals surface area contributed by atoms with Crippen LogP contribution in [0.2, 0.25) is 0 Å². The Bertz CT molecular complexity index is 1100. The highest BCUT2D eigenvalue weighted by atomic mass is 15.3. The van der Waals surface area contributed by atoms with Gasteiger partial charge in [-0.05, 0) is 37.8 Å². The number of rotatable bonds is 3. The molecular formula is C19H20N8. The summed E-state index contributed by atoms with van der Waals surface area (Å²) in [7, 11) is 0. The summed E-state index contributed by atoms with van der Waals surface area (Å²) < 4.78 is 1.85. The van der Waals surface area contributed by atoms with E-state index in [-0.39, 0.29) is 0 Å². The van der Waals surface area contributed by atoms with E-state index in [1.807, 2.05) is 35.2 Å². The summed E-state index contributed by atoms with van der Waals surface area (Å²) in [5.41, 5.74) is 10.3. The Hall–Kier alpha value is -3.13. The van der Waals surface area contributed by atoms with Gasteiger partial charge < -0.3 is 11.1 Å². The minimum Gasteiger partial charge on any atom is -0.350 e. The number of hydrogen-bond donors (Lipinski definition) is 2. The van der Waals surface area contributed by atoms with E-state index in [1.54, 1.807) is 12.4 Å². The number of pyridine rings is 1. The standard InChI is InChI=1S/C19H20N8/c20-13-1-3-14(4-2-13)25-19-24-11-17-15(5-8-27(17)26-19)12-9-16-18(23-10-12)22-7-6-21-16/h5-11,13-14H,1-4,20H2,(H,25,26). The molecule has 0 bridgehead atoms. The van der Waals surface area contributed by atoms with Gasteiger partial charge in [-0.25, -0.2) is 19.5 Å². The van der Waals surface area contributed by atoms with Crippen LogP contribution < -0.4 is 11.1 Å². The molecular weight excluding hydrogens is 340 g/mol. The maximum Gasteiger partial charge on any atom is 0.241 e. The Morgan fingerprint density at radius 2 is 1.85 bits per heavy atom. The third kappa shape index (κ3) is 3.08. The highest BCUT2D eigenvalue weighted by molar-refractivity contribution is 5.84. The van der Waals surface area contributed by atoms with Crippen LogP contribution in [0, 0.1) is 0 Å². The summed E-state index contributed by atoms with van der Waals surface area (Å²) in [5, 5.41) is 8.05. The molecule has 8 heteroatoms. The van der Waals surface area contributed by atoms with Gasteiger partial charge in [-0.15, -0.1) is 5.10 Å². The van der Waals surface area contributed by atoms with Crippen LogP contribution in [0.5, 0.6) is 0 Å². The molecule has 1 saturated carbocycles. The molecule has 0 unspecified atom stereocenters. The van der Waals surface area contributed by atoms with Crippen LogP contribution in [0.25, 0.3) is 27.8 Å². The molecule has 1 aliphatic rings. The molecule has 1 fully saturated rings. The first-order chi connectivity index (χ1) is 13.3. The van der Waals surface area contributed by atoms with Crippen molar-refractivity contribution in [1.82, 2.24) is 29.5 Å². The summed E-state index contributed by atoms with van der Waals surface area (Å²) in [4.78, 5) is 17.5. The van der Waals surface area contributed by atoms with Gasteiger partial charge in [0.1, 0.15) is 5.52 Å². The maximum atomic E-state index is 5.98. The molecule has 1 aliphatic carbocycles. The van der Waals surface area contributed by atoms with Gasteiger partial charge in [-0.3, -0.25) is 4.98 Å². The SMILES string of the molecule is NC1CCC(Nc2ncc3c(-c4cnc5nccnc5c4)ccn3n2)CC1. The van der Waals surface area contributed by atoms with Crippen LogP contribution in [0.4, 0.5) is 5.95 Å². The van der Waals surface area contributed by atoms with Gasteiger partial charge in [0.2, 0.25) is 5.95 Å². The zero-order valence-corrected chi connectivity index (χ0v) is 14.8. The largest absolute Gasteiger partial charge is 0.350 e. The topological polar surface area (TPSA) is 107 Å². The van der Waals surface area contributed by atoms with Crippen molar-refractivity contribution in [2.24, 2.45) is 5.73 Å². The van der Waals surface area contributed by atoms with Gasteiger partial charge in [-0.1, -0.05) is 0 Å². The highest BCUT2D eigenvalue weighted by Gasteiger charge is 2.19. The van der Waals surface area contributed by atoms with Gasteiger partial charge in [0.15, 0.2) is 5.65 Å². The molecule has 3 N–H and O–H groups in total. The van der Waals surface area contributed by atoms with Crippen LogP contribution in [-0.2, 0) is 0 Å². The van der Waals surface area contributed by atoms with Crippen molar-refractivity contribution < 1.29 is 0 Å². The molecule has 0 aromatic carbocycles. The molecule has 136 valence electrons. The Kier molecular flexibility index (Phi) is 3.90. The minimum absolute atomic E-state index is 0.332. The molecule has 0 spiro atoms. The second-order valence-corrected chi connectivity index (χ2v) is 7.02. The lowest BCUT2D eigenvalue weighted by molar-refractivity contribution is 0.409. The highest BCUT2D eigenvalue weighted by Crippen LogP contribution is 2.26. The molecule has 0 saturated heterocycles. The first-order valence-corrected chi connectivity index (χ1v) is 9.20. The number of aromatic nitrogens is 6. The van der Waals surface area contributed by atoms with Gasteiger partial charge in [-0.2, -0.15) is 0 Å². The molecule has 4 aromatic heterocycles. The molecule has 0 amide bonds. The number of nitrogens with zero attached hydrogens (tertiary/aromatic N) is 6. The zero-order valence-electron chi connectivity index (χ0n) is 14.8. The lowest BCUT2D eigenvalue weighted by atomic mass is 9.92. The van der Waals surface area contributed by atoms with Crippen molar-refractivity contribution in [3.05, 3.63) is 43.1 Å². The van der Waals surface area contributed by atoms with Crippen LogP contribution >= 0.6 is 0 Å². The summed E-state index contributed by atoms with van der Waals surface area (Å²) in [6.45, 7) is 0. The molecule has 5 rings (SSSR count). The fourth-order valence-corrected chi connectivity index (χ4v) is 3.66. The monoisotopic (exact) mass is 360 g/mol. The van der Waals surface area contributed by atoms with Crippen molar-refractivity contribution in [2.75, 3.05) is 5.32 Å². The van der Waals surface area contributed by atoms with Crippen molar-refractivity contribution in [1.29, 1.82) is 0 Å². The average molecular weight is 360 g/mol. The second-order valence-electron chi connectivity index (χ2n) is 7.02. The van der Waals surface area contributed by atoms with E-state index >= 15 is 0 Å². The van der Waals surface area contributed by atoms with E-state index < -0.39 is 0 Å². The molecule has 4 aromatic rings. The van der Waals surface area contributed by atoms with Gasteiger partial charge in [0.05, 0.1) is 11.7 Å². The molecule has 0 aliphatic heterocycles. The summed E-state index contributed by atoms with van der Waals surface area (Å²) in [6, 6.07) is 4.73. The first-order valence-electron chi connectivity index (χ1n) is 9.20. The first kappa shape index (κ1) is 16.1. The average Bonchev–Trinajstić information content (AvgIpc) is 3.12. The van der Waals surface area contributed by atoms with Crippen LogP contribution in [-0.4, -0.2) is 41.6 Å². The molecule has 27 heavy (non-hydrogen) atoms. The predicted molar refractivity (Wildman–Crippen MR) is 103 cm³/mol. The van der Waals surface area contributed by atoms with E-state index in [4.69, 9.17) is 5.73 Å². The fraction of sp³-hybridized carbons (Fsp3) is 0.316. The maximum absolute atomic E-state index is 5.98. The second kappa shape index (κ2) is 6.55. The van der Waals surface area contributed by atoms with E-state index in [0.717, 1.165) is 47.8 Å². The van der Waals surface area contributed by atoms with Gasteiger partial charge in [0, 0.05) is 48.0 Å². The van der Waals surface area contributed by atoms with E-state index in [9.17, 15) is 0 Å². The lowest BCUT2D eigenvalue weighted by Crippen LogP contribution is -2.33. The summed E-state index contributed by atoms with van der Waals surface area (Å²) >= 11 is 0. The molecule has 0 atom stereocenters. The van der Waals surface area contributed by atoms with Crippen LogP contribution in [0.15, 0.2) is 43.1 Å². The van der Waals surface area contributed by atoms with Crippen LogP contribution in [0.1, 0.15) is 25.7 Å². The smallest absolute Gasteiger partial charge is 0.241 e. The van der Waals surface area contributed by atoms with Crippen LogP contribution in [0.3, 0.4) is 0 Å². The molecule has 8 nitrogen and oxygen atoms in total. The Balaban J connectivity index is 1.44. The Labute approximate surface area is 155 Å². The summed E-state index contributed by atoms with van der Waals surface area (Å²) in [6.07, 6.45) is 13.1. The summed E-state index contributed by atoms with van der Waals surface area (Å²) in [5.74, 6) is 0.646. The number of nitrogens with two attached hydrogens (primary N) is 1. The number of anilines is 1. The molecule has 0 radical (unpaired) electrons. The third-order valence-corrected chi connectivity index (χ3v) is 5.16. The van der Waals surface area contributed by atoms with Crippen molar-refractivity contribution >= 4 is 22.6 Å². The van der Waals surface area contributed by atoms with Crippen molar-refractivity contribution in [3.8, 4) is 11.1 Å². The molecule has 4 heterocycles. The number of fused-ring (bicyclic) bond motifs is 2. The van der Waals surface area contributed by atoms with Crippen molar-refractivity contribution in [3.63, 3.8) is 0 Å². The Morgan fingerprint density at radius 3 is 2.74 bits per heavy atom. The van der Waals surface area contributed by atoms with Gasteiger partial charge in [0.25, 0.3) is 0 Å². The zero-order chi connectivity index (χ0) is 18.2. The van der Waals surface area contributed by atoms with E-state index in [2.05, 4.69) is 30.4 Å². The minimum atomic E-state index is 0.332. The van der Waals surface area contributed by atoms with Crippen molar-refractivity contribution in [2.45, 2.75) is 37.8 Å². The van der Waals surface area contributed by atoms with E-state index in [1.165, 1.54) is 0 Å². The predicted octanol–water partition coefficient (Wildman–Crippen LogP) is 2.42. The van der Waals surface area contributed by atoms with E-state index in [0.29, 0.717) is 23.7 Å². The number of hydrogen-bond acceptors (Lipinski definition) is 7. The Morgan fingerprint density at radius 1 is 1.00 bits per heavy atom. The lowest BCUT2D eigenvalue weighted by Gasteiger charge is -2.26. The van der Waals surface area contributed by atoms with Gasteiger partial charge >= 0.3 is 0 Å². The quantitative estimate of drug-likeness (QED) is 0.578.